The van der Waals surface area contributed by atoms with Crippen LogP contribution in [0.4, 0.5) is 4.39 Å². The van der Waals surface area contributed by atoms with Crippen molar-refractivity contribution in [3.8, 4) is 0 Å². The molecule has 1 aromatic carbocycles. The number of halogens is 2. The van der Waals surface area contributed by atoms with Crippen LogP contribution in [0.1, 0.15) is 31.2 Å². The van der Waals surface area contributed by atoms with Crippen molar-refractivity contribution in [2.45, 2.75) is 37.1 Å². The molecule has 20 heavy (non-hydrogen) atoms. The zero-order valence-corrected chi connectivity index (χ0v) is 12.1. The van der Waals surface area contributed by atoms with Crippen LogP contribution in [0.3, 0.4) is 0 Å². The van der Waals surface area contributed by atoms with Crippen LogP contribution >= 0.6 is 12.4 Å². The van der Waals surface area contributed by atoms with Crippen molar-refractivity contribution in [3.63, 3.8) is 0 Å². The van der Waals surface area contributed by atoms with Gasteiger partial charge in [-0.05, 0) is 49.3 Å². The molecule has 3 N–H and O–H groups in total. The third-order valence-electron chi connectivity index (χ3n) is 4.29. The zero-order valence-electron chi connectivity index (χ0n) is 11.3. The number of carbonyl (C=O) groups excluding carboxylic acids is 1. The van der Waals surface area contributed by atoms with E-state index in [-0.39, 0.29) is 30.2 Å². The van der Waals surface area contributed by atoms with Gasteiger partial charge in [0, 0.05) is 12.6 Å². The molecule has 2 fully saturated rings. The van der Waals surface area contributed by atoms with E-state index >= 15 is 0 Å². The lowest BCUT2D eigenvalue weighted by Gasteiger charge is -2.18. The van der Waals surface area contributed by atoms with E-state index in [0.717, 1.165) is 18.4 Å². The fraction of sp³-hybridized carbons (Fsp3) is 0.533. The average Bonchev–Trinajstić information content (AvgIpc) is 3.29. The maximum absolute atomic E-state index is 13.3. The molecule has 2 aliphatic carbocycles. The molecule has 3 nitrogen and oxygen atoms in total. The van der Waals surface area contributed by atoms with Gasteiger partial charge in [-0.15, -0.1) is 12.4 Å². The van der Waals surface area contributed by atoms with Crippen LogP contribution in [0.2, 0.25) is 0 Å². The van der Waals surface area contributed by atoms with Crippen molar-refractivity contribution in [3.05, 3.63) is 35.6 Å². The first kappa shape index (κ1) is 15.3. The lowest BCUT2D eigenvalue weighted by Crippen LogP contribution is -2.43. The number of hydrogen-bond donors (Lipinski definition) is 2. The number of nitrogens with one attached hydrogen (secondary N) is 1. The van der Waals surface area contributed by atoms with Gasteiger partial charge in [0.25, 0.3) is 0 Å². The lowest BCUT2D eigenvalue weighted by atomic mass is 9.94. The molecular weight excluding hydrogens is 279 g/mol. The first-order valence-corrected chi connectivity index (χ1v) is 6.92. The summed E-state index contributed by atoms with van der Waals surface area (Å²) in [6, 6.07) is 6.42. The minimum atomic E-state index is -0.509. The average molecular weight is 299 g/mol. The van der Waals surface area contributed by atoms with Crippen LogP contribution < -0.4 is 11.1 Å². The molecule has 0 aromatic heterocycles. The maximum atomic E-state index is 13.3. The Morgan fingerprint density at radius 2 is 2.15 bits per heavy atom. The summed E-state index contributed by atoms with van der Waals surface area (Å²) in [4.78, 5) is 12.3. The largest absolute Gasteiger partial charge is 0.354 e. The topological polar surface area (TPSA) is 55.1 Å². The third kappa shape index (κ3) is 2.96. The standard InChI is InChI=1S/C15H19FN2O.ClH/c16-12-3-1-2-11(8-12)15(6-7-15)14(19)18-9-13(17)10-4-5-10;/h1-3,8,10,13H,4-7,9,17H2,(H,18,19);1H. The molecule has 0 bridgehead atoms. The molecule has 1 unspecified atom stereocenters. The molecule has 1 atom stereocenters. The fourth-order valence-corrected chi connectivity index (χ4v) is 2.63. The quantitative estimate of drug-likeness (QED) is 0.875. The Labute approximate surface area is 124 Å². The van der Waals surface area contributed by atoms with E-state index in [2.05, 4.69) is 5.32 Å². The molecule has 3 rings (SSSR count). The minimum absolute atomic E-state index is 0. The van der Waals surface area contributed by atoms with Gasteiger partial charge in [-0.25, -0.2) is 4.39 Å². The van der Waals surface area contributed by atoms with Crippen LogP contribution in [0, 0.1) is 11.7 Å². The molecule has 0 radical (unpaired) electrons. The predicted octanol–water partition coefficient (Wildman–Crippen LogP) is 2.13. The van der Waals surface area contributed by atoms with Gasteiger partial charge in [0.05, 0.1) is 5.41 Å². The first-order chi connectivity index (χ1) is 9.12. The molecule has 0 heterocycles. The fourth-order valence-electron chi connectivity index (χ4n) is 2.63. The van der Waals surface area contributed by atoms with Crippen LogP contribution in [0.15, 0.2) is 24.3 Å². The van der Waals surface area contributed by atoms with E-state index in [1.165, 1.54) is 25.0 Å². The van der Waals surface area contributed by atoms with Crippen molar-refractivity contribution < 1.29 is 9.18 Å². The highest BCUT2D eigenvalue weighted by molar-refractivity contribution is 5.91. The Hall–Kier alpha value is -1.13. The molecular formula is C15H20ClFN2O. The SMILES string of the molecule is Cl.NC(CNC(=O)C1(c2cccc(F)c2)CC1)C1CC1. The summed E-state index contributed by atoms with van der Waals surface area (Å²) >= 11 is 0. The van der Waals surface area contributed by atoms with Crippen LogP contribution in [0.25, 0.3) is 0 Å². The second-order valence-electron chi connectivity index (χ2n) is 5.80. The number of amides is 1. The molecule has 1 aromatic rings. The van der Waals surface area contributed by atoms with E-state index in [1.54, 1.807) is 6.07 Å². The number of benzene rings is 1. The number of carbonyl (C=O) groups is 1. The summed E-state index contributed by atoms with van der Waals surface area (Å²) in [5.74, 6) is 0.282. The maximum Gasteiger partial charge on any atom is 0.230 e. The zero-order chi connectivity index (χ0) is 13.5. The summed E-state index contributed by atoms with van der Waals surface area (Å²) in [5, 5.41) is 2.94. The Kier molecular flexibility index (Phi) is 4.35. The van der Waals surface area contributed by atoms with E-state index in [9.17, 15) is 9.18 Å². The highest BCUT2D eigenvalue weighted by atomic mass is 35.5. The van der Waals surface area contributed by atoms with Gasteiger partial charge in [0.2, 0.25) is 5.91 Å². The Morgan fingerprint density at radius 1 is 1.45 bits per heavy atom. The van der Waals surface area contributed by atoms with Gasteiger partial charge >= 0.3 is 0 Å². The Morgan fingerprint density at radius 3 is 2.70 bits per heavy atom. The monoisotopic (exact) mass is 298 g/mol. The highest BCUT2D eigenvalue weighted by Gasteiger charge is 2.51. The number of hydrogen-bond acceptors (Lipinski definition) is 2. The predicted molar refractivity (Wildman–Crippen MR) is 78.3 cm³/mol. The van der Waals surface area contributed by atoms with Gasteiger partial charge in [0.15, 0.2) is 0 Å². The molecule has 110 valence electrons. The summed E-state index contributed by atoms with van der Waals surface area (Å²) in [5.41, 5.74) is 6.25. The van der Waals surface area contributed by atoms with Crippen LogP contribution in [-0.4, -0.2) is 18.5 Å². The lowest BCUT2D eigenvalue weighted by molar-refractivity contribution is -0.123. The van der Waals surface area contributed by atoms with Gasteiger partial charge in [-0.3, -0.25) is 4.79 Å². The van der Waals surface area contributed by atoms with Gasteiger partial charge < -0.3 is 11.1 Å². The summed E-state index contributed by atoms with van der Waals surface area (Å²) in [7, 11) is 0. The summed E-state index contributed by atoms with van der Waals surface area (Å²) in [6.07, 6.45) is 3.93. The first-order valence-electron chi connectivity index (χ1n) is 6.92. The molecule has 0 aliphatic heterocycles. The normalized spacial score (nSPS) is 20.7. The van der Waals surface area contributed by atoms with Crippen molar-refractivity contribution in [1.82, 2.24) is 5.32 Å². The summed E-state index contributed by atoms with van der Waals surface area (Å²) in [6.45, 7) is 0.528. The smallest absolute Gasteiger partial charge is 0.230 e. The van der Waals surface area contributed by atoms with E-state index in [1.807, 2.05) is 6.07 Å². The van der Waals surface area contributed by atoms with Crippen LogP contribution in [-0.2, 0) is 10.2 Å². The second-order valence-corrected chi connectivity index (χ2v) is 5.80. The van der Waals surface area contributed by atoms with Crippen molar-refractivity contribution in [1.29, 1.82) is 0 Å². The van der Waals surface area contributed by atoms with E-state index < -0.39 is 5.41 Å². The van der Waals surface area contributed by atoms with Crippen molar-refractivity contribution in [2.24, 2.45) is 11.7 Å². The van der Waals surface area contributed by atoms with Crippen molar-refractivity contribution in [2.75, 3.05) is 6.54 Å². The molecule has 2 aliphatic rings. The summed E-state index contributed by atoms with van der Waals surface area (Å²) < 4.78 is 13.3. The Balaban J connectivity index is 0.00000147. The molecule has 0 saturated heterocycles. The van der Waals surface area contributed by atoms with E-state index in [4.69, 9.17) is 5.73 Å². The molecule has 1 amide bonds. The highest BCUT2D eigenvalue weighted by Crippen LogP contribution is 2.48. The second kappa shape index (κ2) is 5.70. The van der Waals surface area contributed by atoms with E-state index in [0.29, 0.717) is 12.5 Å². The molecule has 5 heteroatoms. The third-order valence-corrected chi connectivity index (χ3v) is 4.29. The Bertz CT molecular complexity index is 500. The van der Waals surface area contributed by atoms with Gasteiger partial charge in [-0.2, -0.15) is 0 Å². The van der Waals surface area contributed by atoms with Gasteiger partial charge in [-0.1, -0.05) is 12.1 Å². The molecule has 0 spiro atoms. The minimum Gasteiger partial charge on any atom is -0.354 e. The number of nitrogens with two attached hydrogens (primary N) is 1. The van der Waals surface area contributed by atoms with Crippen LogP contribution in [0.5, 0.6) is 0 Å². The molecule has 2 saturated carbocycles. The van der Waals surface area contributed by atoms with Crippen molar-refractivity contribution >= 4 is 18.3 Å². The number of rotatable bonds is 5. The van der Waals surface area contributed by atoms with Gasteiger partial charge in [0.1, 0.15) is 5.82 Å².